The van der Waals surface area contributed by atoms with Crippen molar-refractivity contribution < 1.29 is 48.3 Å². The van der Waals surface area contributed by atoms with E-state index in [1.807, 2.05) is 0 Å². The summed E-state index contributed by atoms with van der Waals surface area (Å²) in [6.45, 7) is 1.52. The highest BCUT2D eigenvalue weighted by atomic mass is 127. The Hall–Kier alpha value is -2.63. The average Bonchev–Trinajstić information content (AvgIpc) is 2.82. The van der Waals surface area contributed by atoms with Crippen LogP contribution in [0.2, 0.25) is 0 Å². The number of halogens is 6. The monoisotopic (exact) mass is 675 g/mol. The van der Waals surface area contributed by atoms with Crippen LogP contribution < -0.4 is 9.46 Å². The van der Waals surface area contributed by atoms with Crippen LogP contribution in [0.4, 0.5) is 22.0 Å². The van der Waals surface area contributed by atoms with Crippen LogP contribution in [0.25, 0.3) is 0 Å². The lowest BCUT2D eigenvalue weighted by atomic mass is 10.1. The molecule has 0 unspecified atom stereocenters. The van der Waals surface area contributed by atoms with Gasteiger partial charge in [-0.1, -0.05) is 12.1 Å². The minimum absolute atomic E-state index is 0.289. The number of rotatable bonds is 7. The molecule has 0 aliphatic heterocycles. The van der Waals surface area contributed by atoms with Gasteiger partial charge in [-0.05, 0) is 65.4 Å². The molecular formula is C22H15F5INO6S2. The van der Waals surface area contributed by atoms with Gasteiger partial charge in [-0.25, -0.2) is 39.5 Å². The van der Waals surface area contributed by atoms with Crippen LogP contribution in [-0.2, 0) is 19.9 Å². The van der Waals surface area contributed by atoms with E-state index in [-0.39, 0.29) is 8.47 Å². The summed E-state index contributed by atoms with van der Waals surface area (Å²) in [5.41, 5.74) is -0.315. The Morgan fingerprint density at radius 3 is 1.89 bits per heavy atom. The standard InChI is InChI=1S/C22H15F5INO6S2/c1-10(29-36(2,31)32)11-3-6-13(7-4-11)37(33,34)15-8-5-12(28)9-14(15)22(30)35-21-19(26)17(24)16(23)18(25)20(21)27/h3-10,29H,1-2H3/t10-/m0/s1. The molecule has 0 saturated carbocycles. The Morgan fingerprint density at radius 1 is 0.865 bits per heavy atom. The first-order valence-corrected chi connectivity index (χ1v) is 14.4. The highest BCUT2D eigenvalue weighted by Crippen LogP contribution is 2.32. The van der Waals surface area contributed by atoms with E-state index in [9.17, 15) is 43.6 Å². The number of ether oxygens (including phenoxy) is 1. The third kappa shape index (κ3) is 6.10. The largest absolute Gasteiger partial charge is 0.416 e. The first kappa shape index (κ1) is 28.9. The summed E-state index contributed by atoms with van der Waals surface area (Å²) in [7, 11) is -8.04. The molecule has 0 aromatic heterocycles. The van der Waals surface area contributed by atoms with Gasteiger partial charge in [-0.3, -0.25) is 0 Å². The number of hydrogen-bond donors (Lipinski definition) is 1. The number of carbonyl (C=O) groups is 1. The summed E-state index contributed by atoms with van der Waals surface area (Å²) in [4.78, 5) is 11.7. The van der Waals surface area contributed by atoms with Crippen molar-refractivity contribution >= 4 is 48.4 Å². The first-order valence-electron chi connectivity index (χ1n) is 9.90. The van der Waals surface area contributed by atoms with Gasteiger partial charge in [0.15, 0.2) is 0 Å². The van der Waals surface area contributed by atoms with Gasteiger partial charge in [0.2, 0.25) is 54.7 Å². The lowest BCUT2D eigenvalue weighted by molar-refractivity contribution is 0.0711. The van der Waals surface area contributed by atoms with E-state index in [0.29, 0.717) is 5.56 Å². The molecule has 1 atom stereocenters. The van der Waals surface area contributed by atoms with E-state index in [1.165, 1.54) is 25.1 Å². The predicted octanol–water partition coefficient (Wildman–Crippen LogP) is 4.65. The molecular weight excluding hydrogens is 660 g/mol. The minimum Gasteiger partial charge on any atom is -0.416 e. The van der Waals surface area contributed by atoms with Crippen LogP contribution in [-0.4, -0.2) is 29.1 Å². The van der Waals surface area contributed by atoms with Gasteiger partial charge in [0, 0.05) is 9.61 Å². The number of sulfonamides is 1. The second-order valence-electron chi connectivity index (χ2n) is 7.61. The van der Waals surface area contributed by atoms with Gasteiger partial charge < -0.3 is 4.74 Å². The Morgan fingerprint density at radius 2 is 1.38 bits per heavy atom. The third-order valence-electron chi connectivity index (χ3n) is 4.90. The van der Waals surface area contributed by atoms with Crippen molar-refractivity contribution in [2.45, 2.75) is 22.8 Å². The molecule has 3 aromatic carbocycles. The molecule has 0 amide bonds. The highest BCUT2D eigenvalue weighted by Gasteiger charge is 2.31. The van der Waals surface area contributed by atoms with Gasteiger partial charge in [-0.15, -0.1) is 0 Å². The van der Waals surface area contributed by atoms with Crippen LogP contribution in [0.5, 0.6) is 5.75 Å². The van der Waals surface area contributed by atoms with E-state index in [4.69, 9.17) is 0 Å². The number of esters is 1. The Labute approximate surface area is 221 Å². The second-order valence-corrected chi connectivity index (χ2v) is 12.6. The maximum atomic E-state index is 14.0. The van der Waals surface area contributed by atoms with Crippen molar-refractivity contribution in [1.29, 1.82) is 0 Å². The first-order chi connectivity index (χ1) is 17.0. The third-order valence-corrected chi connectivity index (χ3v) is 8.18. The topological polar surface area (TPSA) is 107 Å². The molecule has 1 N–H and O–H groups in total. The van der Waals surface area contributed by atoms with Gasteiger partial charge in [0.1, 0.15) is 0 Å². The van der Waals surface area contributed by atoms with Crippen molar-refractivity contribution in [3.8, 4) is 5.75 Å². The molecule has 7 nitrogen and oxygen atoms in total. The number of hydrogen-bond acceptors (Lipinski definition) is 6. The maximum Gasteiger partial charge on any atom is 0.345 e. The molecule has 0 bridgehead atoms. The molecule has 0 aliphatic rings. The fourth-order valence-electron chi connectivity index (χ4n) is 3.17. The molecule has 0 heterocycles. The quantitative estimate of drug-likeness (QED) is 0.0977. The van der Waals surface area contributed by atoms with E-state index in [2.05, 4.69) is 9.46 Å². The predicted molar refractivity (Wildman–Crippen MR) is 129 cm³/mol. The molecule has 198 valence electrons. The van der Waals surface area contributed by atoms with E-state index >= 15 is 0 Å². The zero-order valence-corrected chi connectivity index (χ0v) is 22.4. The molecule has 3 rings (SSSR count). The van der Waals surface area contributed by atoms with Crippen LogP contribution in [0.15, 0.2) is 52.3 Å². The lowest BCUT2D eigenvalue weighted by Gasteiger charge is -2.14. The molecule has 37 heavy (non-hydrogen) atoms. The Bertz CT molecular complexity index is 1580. The number of nitrogens with one attached hydrogen (secondary N) is 1. The van der Waals surface area contributed by atoms with Crippen LogP contribution >= 0.6 is 22.6 Å². The van der Waals surface area contributed by atoms with E-state index in [1.54, 1.807) is 22.6 Å². The van der Waals surface area contributed by atoms with E-state index < -0.39 is 77.2 Å². The van der Waals surface area contributed by atoms with Crippen molar-refractivity contribution in [3.05, 3.63) is 86.2 Å². The summed E-state index contributed by atoms with van der Waals surface area (Å²) in [6.07, 6.45) is 0.951. The van der Waals surface area contributed by atoms with Crippen LogP contribution in [0.1, 0.15) is 28.9 Å². The van der Waals surface area contributed by atoms with Gasteiger partial charge in [0.05, 0.1) is 21.6 Å². The van der Waals surface area contributed by atoms with Crippen LogP contribution in [0, 0.1) is 32.7 Å². The average molecular weight is 675 g/mol. The summed E-state index contributed by atoms with van der Waals surface area (Å²) >= 11 is 1.70. The van der Waals surface area contributed by atoms with E-state index in [0.717, 1.165) is 30.5 Å². The zero-order chi connectivity index (χ0) is 27.9. The number of benzene rings is 3. The minimum atomic E-state index is -4.48. The number of carbonyl (C=O) groups excluding carboxylic acids is 1. The summed E-state index contributed by atoms with van der Waals surface area (Å²) in [5, 5.41) is 0. The molecule has 0 radical (unpaired) electrons. The van der Waals surface area contributed by atoms with Crippen molar-refractivity contribution in [2.24, 2.45) is 0 Å². The fourth-order valence-corrected chi connectivity index (χ4v) is 5.87. The van der Waals surface area contributed by atoms with Gasteiger partial charge in [0.25, 0.3) is 0 Å². The SMILES string of the molecule is C[C@H](NS(C)(=O)=O)c1ccc(S(=O)(=O)c2ccc(I)cc2C(=O)Oc2c(F)c(F)c(F)c(F)c2F)cc1. The van der Waals surface area contributed by atoms with Gasteiger partial charge in [-0.2, -0.15) is 8.78 Å². The molecule has 0 spiro atoms. The maximum absolute atomic E-state index is 14.0. The van der Waals surface area contributed by atoms with Crippen molar-refractivity contribution in [3.63, 3.8) is 0 Å². The second kappa shape index (κ2) is 10.6. The molecule has 15 heteroatoms. The lowest BCUT2D eigenvalue weighted by Crippen LogP contribution is -2.25. The molecule has 0 saturated heterocycles. The smallest absolute Gasteiger partial charge is 0.345 e. The highest BCUT2D eigenvalue weighted by molar-refractivity contribution is 14.1. The number of sulfone groups is 1. The molecule has 3 aromatic rings. The zero-order valence-electron chi connectivity index (χ0n) is 18.7. The summed E-state index contributed by atoms with van der Waals surface area (Å²) in [5.74, 6) is -15.6. The summed E-state index contributed by atoms with van der Waals surface area (Å²) in [6, 6.07) is 7.55. The van der Waals surface area contributed by atoms with Crippen molar-refractivity contribution in [2.75, 3.05) is 6.26 Å². The van der Waals surface area contributed by atoms with Crippen molar-refractivity contribution in [1.82, 2.24) is 4.72 Å². The Kier molecular flexibility index (Phi) is 8.31. The van der Waals surface area contributed by atoms with Crippen LogP contribution in [0.3, 0.4) is 0 Å². The molecule has 0 aliphatic carbocycles. The Balaban J connectivity index is 2.03. The normalized spacial score (nSPS) is 12.9. The fraction of sp³-hybridized carbons (Fsp3) is 0.136. The van der Waals surface area contributed by atoms with Gasteiger partial charge >= 0.3 is 5.97 Å². The summed E-state index contributed by atoms with van der Waals surface area (Å²) < 4.78 is 125. The molecule has 0 fully saturated rings.